The van der Waals surface area contributed by atoms with E-state index in [0.717, 1.165) is 31.6 Å². The Morgan fingerprint density at radius 2 is 1.67 bits per heavy atom. The summed E-state index contributed by atoms with van der Waals surface area (Å²) in [7, 11) is 1.77. The molecule has 0 aliphatic heterocycles. The van der Waals surface area contributed by atoms with Crippen LogP contribution in [0, 0.1) is 0 Å². The molecule has 0 spiro atoms. The zero-order valence-corrected chi connectivity index (χ0v) is 20.9. The lowest BCUT2D eigenvalue weighted by molar-refractivity contribution is 0.0490. The first-order chi connectivity index (χ1) is 13.9. The van der Waals surface area contributed by atoms with Gasteiger partial charge in [0.1, 0.15) is 5.60 Å². The highest BCUT2D eigenvalue weighted by molar-refractivity contribution is 14.0. The Hall–Kier alpha value is -1.55. The molecule has 0 aromatic heterocycles. The molecule has 1 aromatic rings. The van der Waals surface area contributed by atoms with E-state index < -0.39 is 5.60 Å². The van der Waals surface area contributed by atoms with Crippen molar-refractivity contribution < 1.29 is 14.3 Å². The topological polar surface area (TPSA) is 84.0 Å². The predicted molar refractivity (Wildman–Crippen MR) is 131 cm³/mol. The molecule has 0 unspecified atom stereocenters. The van der Waals surface area contributed by atoms with E-state index in [1.165, 1.54) is 5.56 Å². The maximum Gasteiger partial charge on any atom is 0.407 e. The fraction of sp³-hybridized carbons (Fsp3) is 0.636. The third-order valence-corrected chi connectivity index (χ3v) is 4.66. The molecule has 1 aromatic carbocycles. The number of carbonyl (C=O) groups is 1. The molecule has 170 valence electrons. The normalized spacial score (nSPS) is 19.4. The Labute approximate surface area is 197 Å². The van der Waals surface area contributed by atoms with Gasteiger partial charge in [-0.25, -0.2) is 4.79 Å². The van der Waals surface area contributed by atoms with Crippen LogP contribution in [0.2, 0.25) is 0 Å². The predicted octanol–water partition coefficient (Wildman–Crippen LogP) is 3.82. The minimum absolute atomic E-state index is 0. The van der Waals surface area contributed by atoms with Crippen molar-refractivity contribution in [2.45, 2.75) is 70.7 Å². The van der Waals surface area contributed by atoms with Gasteiger partial charge in [0.25, 0.3) is 0 Å². The number of nitrogens with zero attached hydrogens (tertiary/aromatic N) is 1. The summed E-state index contributed by atoms with van der Waals surface area (Å²) in [6.07, 6.45) is 3.47. The molecule has 1 saturated carbocycles. The molecule has 1 aliphatic rings. The molecule has 0 atom stereocenters. The molecule has 30 heavy (non-hydrogen) atoms. The second-order valence-corrected chi connectivity index (χ2v) is 8.38. The van der Waals surface area contributed by atoms with E-state index in [0.29, 0.717) is 25.8 Å². The highest BCUT2D eigenvalue weighted by atomic mass is 127. The van der Waals surface area contributed by atoms with E-state index in [1.54, 1.807) is 7.05 Å². The van der Waals surface area contributed by atoms with Crippen molar-refractivity contribution in [3.8, 4) is 0 Å². The average molecular weight is 532 g/mol. The van der Waals surface area contributed by atoms with Crippen LogP contribution >= 0.6 is 24.0 Å². The summed E-state index contributed by atoms with van der Waals surface area (Å²) < 4.78 is 11.0. The van der Waals surface area contributed by atoms with Crippen LogP contribution in [0.5, 0.6) is 0 Å². The first-order valence-electron chi connectivity index (χ1n) is 10.4. The first kappa shape index (κ1) is 26.5. The zero-order chi connectivity index (χ0) is 21.1. The minimum Gasteiger partial charge on any atom is -0.444 e. The Morgan fingerprint density at radius 3 is 2.23 bits per heavy atom. The molecule has 1 fully saturated rings. The molecule has 0 radical (unpaired) electrons. The number of aliphatic imine (C=N–C) groups is 1. The summed E-state index contributed by atoms with van der Waals surface area (Å²) >= 11 is 0. The molecule has 7 nitrogen and oxygen atoms in total. The number of nitrogens with one attached hydrogen (secondary N) is 3. The molecule has 3 N–H and O–H groups in total. The summed E-state index contributed by atoms with van der Waals surface area (Å²) in [6.45, 7) is 7.55. The van der Waals surface area contributed by atoms with E-state index in [2.05, 4.69) is 33.1 Å². The lowest BCUT2D eigenvalue weighted by atomic mass is 9.91. The van der Waals surface area contributed by atoms with Gasteiger partial charge in [0.05, 0.1) is 13.2 Å². The zero-order valence-electron chi connectivity index (χ0n) is 18.6. The van der Waals surface area contributed by atoms with Gasteiger partial charge < -0.3 is 25.4 Å². The maximum atomic E-state index is 11.9. The highest BCUT2D eigenvalue weighted by Crippen LogP contribution is 2.19. The number of hydrogen-bond donors (Lipinski definition) is 3. The smallest absolute Gasteiger partial charge is 0.407 e. The van der Waals surface area contributed by atoms with Crippen molar-refractivity contribution in [2.75, 3.05) is 20.2 Å². The minimum atomic E-state index is -0.466. The van der Waals surface area contributed by atoms with Gasteiger partial charge >= 0.3 is 6.09 Å². The third kappa shape index (κ3) is 11.0. The van der Waals surface area contributed by atoms with Gasteiger partial charge in [-0.2, -0.15) is 0 Å². The van der Waals surface area contributed by atoms with Gasteiger partial charge in [-0.1, -0.05) is 30.3 Å². The van der Waals surface area contributed by atoms with Crippen molar-refractivity contribution in [3.63, 3.8) is 0 Å². The molecule has 1 aliphatic carbocycles. The number of ether oxygens (including phenoxy) is 2. The van der Waals surface area contributed by atoms with Gasteiger partial charge in [0.2, 0.25) is 0 Å². The number of rotatable bonds is 7. The quantitative estimate of drug-likeness (QED) is 0.215. The SMILES string of the molecule is CN=C(NCCOCc1ccccc1)NC1CCC(NC(=O)OC(C)(C)C)CC1.I. The van der Waals surface area contributed by atoms with E-state index in [9.17, 15) is 4.79 Å². The Kier molecular flexibility index (Phi) is 12.1. The highest BCUT2D eigenvalue weighted by Gasteiger charge is 2.25. The largest absolute Gasteiger partial charge is 0.444 e. The molecule has 0 bridgehead atoms. The van der Waals surface area contributed by atoms with Crippen molar-refractivity contribution >= 4 is 36.0 Å². The van der Waals surface area contributed by atoms with Gasteiger partial charge in [0, 0.05) is 25.7 Å². The summed E-state index contributed by atoms with van der Waals surface area (Å²) in [4.78, 5) is 16.2. The molecular weight excluding hydrogens is 495 g/mol. The number of carbonyl (C=O) groups excluding carboxylic acids is 1. The Bertz CT molecular complexity index is 642. The monoisotopic (exact) mass is 532 g/mol. The van der Waals surface area contributed by atoms with Gasteiger partial charge in [-0.3, -0.25) is 4.99 Å². The van der Waals surface area contributed by atoms with Crippen LogP contribution in [0.3, 0.4) is 0 Å². The van der Waals surface area contributed by atoms with Crippen LogP contribution in [0.15, 0.2) is 35.3 Å². The van der Waals surface area contributed by atoms with Crippen LogP contribution in [0.1, 0.15) is 52.0 Å². The van der Waals surface area contributed by atoms with Crippen LogP contribution in [0.25, 0.3) is 0 Å². The summed E-state index contributed by atoms with van der Waals surface area (Å²) in [5.41, 5.74) is 0.706. The van der Waals surface area contributed by atoms with Crippen LogP contribution in [-0.4, -0.2) is 49.9 Å². The van der Waals surface area contributed by atoms with Gasteiger partial charge in [0.15, 0.2) is 5.96 Å². The number of hydrogen-bond acceptors (Lipinski definition) is 4. The molecule has 2 rings (SSSR count). The van der Waals surface area contributed by atoms with Crippen molar-refractivity contribution in [1.29, 1.82) is 0 Å². The fourth-order valence-corrected chi connectivity index (χ4v) is 3.25. The van der Waals surface area contributed by atoms with Crippen LogP contribution in [-0.2, 0) is 16.1 Å². The van der Waals surface area contributed by atoms with Gasteiger partial charge in [-0.15, -0.1) is 24.0 Å². The van der Waals surface area contributed by atoms with E-state index in [1.807, 2.05) is 39.0 Å². The molecule has 0 heterocycles. The van der Waals surface area contributed by atoms with Crippen LogP contribution in [0.4, 0.5) is 4.79 Å². The van der Waals surface area contributed by atoms with Crippen LogP contribution < -0.4 is 16.0 Å². The molecule has 8 heteroatoms. The van der Waals surface area contributed by atoms with E-state index in [-0.39, 0.29) is 36.1 Å². The third-order valence-electron chi connectivity index (χ3n) is 4.66. The second-order valence-electron chi connectivity index (χ2n) is 8.38. The lowest BCUT2D eigenvalue weighted by Crippen LogP contribution is -2.48. The number of amides is 1. The number of alkyl carbamates (subject to hydrolysis) is 1. The number of benzene rings is 1. The standard InChI is InChI=1S/C22H36N4O3.HI/c1-22(2,3)29-21(27)26-19-12-10-18(11-13-19)25-20(23-4)24-14-15-28-16-17-8-6-5-7-9-17;/h5-9,18-19H,10-16H2,1-4H3,(H,26,27)(H2,23,24,25);1H. The van der Waals surface area contributed by atoms with Crippen molar-refractivity contribution in [1.82, 2.24) is 16.0 Å². The maximum absolute atomic E-state index is 11.9. The van der Waals surface area contributed by atoms with Gasteiger partial charge in [-0.05, 0) is 52.0 Å². The van der Waals surface area contributed by atoms with E-state index >= 15 is 0 Å². The molecule has 1 amide bonds. The van der Waals surface area contributed by atoms with E-state index in [4.69, 9.17) is 9.47 Å². The molecule has 0 saturated heterocycles. The number of halogens is 1. The summed E-state index contributed by atoms with van der Waals surface area (Å²) in [5.74, 6) is 0.789. The average Bonchev–Trinajstić information content (AvgIpc) is 2.67. The summed E-state index contributed by atoms with van der Waals surface area (Å²) in [5, 5.41) is 9.74. The Morgan fingerprint density at radius 1 is 1.07 bits per heavy atom. The van der Waals surface area contributed by atoms with Crippen molar-refractivity contribution in [2.24, 2.45) is 4.99 Å². The first-order valence-corrected chi connectivity index (χ1v) is 10.4. The Balaban J connectivity index is 0.00000450. The van der Waals surface area contributed by atoms with Crippen molar-refractivity contribution in [3.05, 3.63) is 35.9 Å². The fourth-order valence-electron chi connectivity index (χ4n) is 3.25. The second kappa shape index (κ2) is 13.7. The lowest BCUT2D eigenvalue weighted by Gasteiger charge is -2.31. The molecular formula is C22H37IN4O3. The summed E-state index contributed by atoms with van der Waals surface area (Å²) in [6, 6.07) is 10.7. The number of guanidine groups is 1.